The third kappa shape index (κ3) is 3.20. The molecule has 1 aromatic rings. The van der Waals surface area contributed by atoms with E-state index in [2.05, 4.69) is 25.2 Å². The summed E-state index contributed by atoms with van der Waals surface area (Å²) >= 11 is 1.59. The Kier molecular flexibility index (Phi) is 5.16. The molecule has 0 unspecified atom stereocenters. The number of rotatable bonds is 5. The van der Waals surface area contributed by atoms with Crippen molar-refractivity contribution >= 4 is 22.2 Å². The van der Waals surface area contributed by atoms with Crippen molar-refractivity contribution in [2.24, 2.45) is 0 Å². The smallest absolute Gasteiger partial charge is 0.280 e. The number of fused-ring (bicyclic) bond motifs is 1. The average Bonchev–Trinajstić information content (AvgIpc) is 2.81. The average molecular weight is 292 g/mol. The van der Waals surface area contributed by atoms with Crippen LogP contribution in [0.4, 0.5) is 5.00 Å². The summed E-state index contributed by atoms with van der Waals surface area (Å²) < 4.78 is 0. The van der Waals surface area contributed by atoms with Gasteiger partial charge in [0.05, 0.1) is 18.7 Å². The SMILES string of the molecule is CC[NH+](CC)CC(=O)Nc1sc2c(c1C#N)CCCC2. The van der Waals surface area contributed by atoms with Crippen LogP contribution in [0.3, 0.4) is 0 Å². The summed E-state index contributed by atoms with van der Waals surface area (Å²) in [5, 5.41) is 13.1. The number of thiophene rings is 1. The van der Waals surface area contributed by atoms with E-state index in [1.54, 1.807) is 11.3 Å². The van der Waals surface area contributed by atoms with Crippen LogP contribution in [0.2, 0.25) is 0 Å². The number of carbonyl (C=O) groups excluding carboxylic acids is 1. The van der Waals surface area contributed by atoms with Gasteiger partial charge in [-0.1, -0.05) is 0 Å². The number of nitrogens with zero attached hydrogens (tertiary/aromatic N) is 1. The van der Waals surface area contributed by atoms with Crippen molar-refractivity contribution in [3.05, 3.63) is 16.0 Å². The van der Waals surface area contributed by atoms with E-state index < -0.39 is 0 Å². The molecule has 4 nitrogen and oxygen atoms in total. The quantitative estimate of drug-likeness (QED) is 0.861. The maximum Gasteiger partial charge on any atom is 0.280 e. The van der Waals surface area contributed by atoms with Crippen molar-refractivity contribution in [1.82, 2.24) is 0 Å². The van der Waals surface area contributed by atoms with Crippen molar-refractivity contribution in [3.8, 4) is 6.07 Å². The van der Waals surface area contributed by atoms with Crippen LogP contribution in [0, 0.1) is 11.3 Å². The highest BCUT2D eigenvalue weighted by Crippen LogP contribution is 2.37. The fraction of sp³-hybridized carbons (Fsp3) is 0.600. The lowest BCUT2D eigenvalue weighted by atomic mass is 9.96. The molecule has 1 heterocycles. The van der Waals surface area contributed by atoms with Gasteiger partial charge in [0, 0.05) is 4.88 Å². The van der Waals surface area contributed by atoms with Gasteiger partial charge in [0.2, 0.25) is 0 Å². The van der Waals surface area contributed by atoms with E-state index in [4.69, 9.17) is 0 Å². The van der Waals surface area contributed by atoms with Gasteiger partial charge in [-0.15, -0.1) is 11.3 Å². The van der Waals surface area contributed by atoms with Gasteiger partial charge in [0.15, 0.2) is 6.54 Å². The zero-order chi connectivity index (χ0) is 14.5. The minimum absolute atomic E-state index is 0.0128. The van der Waals surface area contributed by atoms with E-state index >= 15 is 0 Å². The molecule has 2 rings (SSSR count). The molecule has 0 bridgehead atoms. The number of likely N-dealkylation sites (N-methyl/N-ethyl adjacent to an activating group) is 1. The highest BCUT2D eigenvalue weighted by molar-refractivity contribution is 7.16. The number of nitriles is 1. The maximum atomic E-state index is 12.1. The van der Waals surface area contributed by atoms with Crippen molar-refractivity contribution < 1.29 is 9.69 Å². The van der Waals surface area contributed by atoms with Crippen LogP contribution in [0.5, 0.6) is 0 Å². The minimum atomic E-state index is 0.0128. The number of quaternary nitrogens is 1. The second-order valence-electron chi connectivity index (χ2n) is 5.21. The molecule has 0 radical (unpaired) electrons. The highest BCUT2D eigenvalue weighted by Gasteiger charge is 2.22. The molecule has 1 amide bonds. The summed E-state index contributed by atoms with van der Waals surface area (Å²) in [6, 6.07) is 2.28. The molecule has 20 heavy (non-hydrogen) atoms. The second kappa shape index (κ2) is 6.87. The number of hydrogen-bond acceptors (Lipinski definition) is 3. The zero-order valence-electron chi connectivity index (χ0n) is 12.2. The summed E-state index contributed by atoms with van der Waals surface area (Å²) in [4.78, 5) is 14.6. The third-order valence-electron chi connectivity index (χ3n) is 3.95. The standard InChI is InChI=1S/C15H21N3OS/c1-3-18(4-2)10-14(19)17-15-12(9-16)11-7-5-6-8-13(11)20-15/h3-8,10H2,1-2H3,(H,17,19)/p+1. The molecule has 0 spiro atoms. The highest BCUT2D eigenvalue weighted by atomic mass is 32.1. The van der Waals surface area contributed by atoms with Crippen LogP contribution in [0.1, 0.15) is 42.7 Å². The molecule has 1 aliphatic carbocycles. The Morgan fingerprint density at radius 2 is 2.05 bits per heavy atom. The van der Waals surface area contributed by atoms with Gasteiger partial charge in [-0.05, 0) is 45.1 Å². The minimum Gasteiger partial charge on any atom is -0.328 e. The zero-order valence-corrected chi connectivity index (χ0v) is 13.0. The molecule has 0 fully saturated rings. The lowest BCUT2D eigenvalue weighted by molar-refractivity contribution is -0.888. The van der Waals surface area contributed by atoms with Crippen molar-refractivity contribution in [2.75, 3.05) is 25.0 Å². The number of nitrogens with one attached hydrogen (secondary N) is 2. The van der Waals surface area contributed by atoms with Gasteiger partial charge in [0.1, 0.15) is 11.1 Å². The van der Waals surface area contributed by atoms with Gasteiger partial charge >= 0.3 is 0 Å². The maximum absolute atomic E-state index is 12.1. The Labute approximate surface area is 124 Å². The lowest BCUT2D eigenvalue weighted by Gasteiger charge is -2.14. The normalized spacial score (nSPS) is 13.9. The summed E-state index contributed by atoms with van der Waals surface area (Å²) in [6.07, 6.45) is 4.36. The molecular weight excluding hydrogens is 270 g/mol. The summed E-state index contributed by atoms with van der Waals surface area (Å²) in [5.74, 6) is 0.0128. The molecular formula is C15H22N3OS+. The first-order valence-corrected chi connectivity index (χ1v) is 8.19. The number of anilines is 1. The summed E-state index contributed by atoms with van der Waals surface area (Å²) in [5.41, 5.74) is 1.88. The van der Waals surface area contributed by atoms with Crippen molar-refractivity contribution in [3.63, 3.8) is 0 Å². The van der Waals surface area contributed by atoms with E-state index in [0.717, 1.165) is 37.4 Å². The van der Waals surface area contributed by atoms with Gasteiger partial charge in [-0.3, -0.25) is 4.79 Å². The monoisotopic (exact) mass is 292 g/mol. The van der Waals surface area contributed by atoms with E-state index in [9.17, 15) is 10.1 Å². The first-order chi connectivity index (χ1) is 9.69. The Balaban J connectivity index is 2.11. The Bertz CT molecular complexity index is 526. The van der Waals surface area contributed by atoms with Crippen molar-refractivity contribution in [2.45, 2.75) is 39.5 Å². The van der Waals surface area contributed by atoms with Gasteiger partial charge in [-0.25, -0.2) is 0 Å². The van der Waals surface area contributed by atoms with E-state index in [1.807, 2.05) is 0 Å². The van der Waals surface area contributed by atoms with Gasteiger partial charge < -0.3 is 10.2 Å². The van der Waals surface area contributed by atoms with E-state index in [-0.39, 0.29) is 5.91 Å². The molecule has 0 atom stereocenters. The molecule has 2 N–H and O–H groups in total. The third-order valence-corrected chi connectivity index (χ3v) is 5.15. The fourth-order valence-electron chi connectivity index (χ4n) is 2.67. The molecule has 1 aromatic heterocycles. The molecule has 0 saturated heterocycles. The molecule has 108 valence electrons. The predicted molar refractivity (Wildman–Crippen MR) is 81.2 cm³/mol. The second-order valence-corrected chi connectivity index (χ2v) is 6.31. The first-order valence-electron chi connectivity index (χ1n) is 7.37. The lowest BCUT2D eigenvalue weighted by Crippen LogP contribution is -3.12. The van der Waals surface area contributed by atoms with E-state index in [1.165, 1.54) is 21.8 Å². The number of amides is 1. The Morgan fingerprint density at radius 1 is 1.35 bits per heavy atom. The largest absolute Gasteiger partial charge is 0.328 e. The predicted octanol–water partition coefficient (Wildman–Crippen LogP) is 1.36. The summed E-state index contributed by atoms with van der Waals surface area (Å²) in [7, 11) is 0. The number of aryl methyl sites for hydroxylation is 1. The number of carbonyl (C=O) groups is 1. The van der Waals surface area contributed by atoms with Crippen LogP contribution in [-0.2, 0) is 17.6 Å². The molecule has 1 aliphatic rings. The molecule has 0 aliphatic heterocycles. The van der Waals surface area contributed by atoms with Crippen molar-refractivity contribution in [1.29, 1.82) is 5.26 Å². The van der Waals surface area contributed by atoms with Gasteiger partial charge in [-0.2, -0.15) is 5.26 Å². The first kappa shape index (κ1) is 15.0. The van der Waals surface area contributed by atoms with E-state index in [0.29, 0.717) is 12.1 Å². The molecule has 0 aromatic carbocycles. The molecule has 5 heteroatoms. The fourth-order valence-corrected chi connectivity index (χ4v) is 3.93. The van der Waals surface area contributed by atoms with Crippen LogP contribution >= 0.6 is 11.3 Å². The number of hydrogen-bond donors (Lipinski definition) is 2. The van der Waals surface area contributed by atoms with Crippen LogP contribution in [0.25, 0.3) is 0 Å². The molecule has 0 saturated carbocycles. The van der Waals surface area contributed by atoms with Gasteiger partial charge in [0.25, 0.3) is 5.91 Å². The topological polar surface area (TPSA) is 57.3 Å². The van der Waals surface area contributed by atoms with Crippen LogP contribution < -0.4 is 10.2 Å². The Morgan fingerprint density at radius 3 is 2.70 bits per heavy atom. The summed E-state index contributed by atoms with van der Waals surface area (Å²) in [6.45, 7) is 6.51. The Hall–Kier alpha value is -1.38. The van der Waals surface area contributed by atoms with Crippen LogP contribution in [-0.4, -0.2) is 25.5 Å². The van der Waals surface area contributed by atoms with Crippen LogP contribution in [0.15, 0.2) is 0 Å².